The van der Waals surface area contributed by atoms with Gasteiger partial charge in [0.1, 0.15) is 0 Å². The van der Waals surface area contributed by atoms with Gasteiger partial charge in [-0.15, -0.1) is 0 Å². The molecule has 1 atom stereocenters. The Hall–Kier alpha value is -2.37. The Morgan fingerprint density at radius 1 is 1.37 bits per heavy atom. The first-order chi connectivity index (χ1) is 8.99. The average Bonchev–Trinajstić information content (AvgIpc) is 2.72. The number of nitro groups is 1. The molecule has 0 amide bonds. The highest BCUT2D eigenvalue weighted by molar-refractivity contribution is 5.53. The topological polar surface area (TPSA) is 73.0 Å². The number of aryl methyl sites for hydroxylation is 2. The van der Waals surface area contributed by atoms with Crippen molar-refractivity contribution in [3.63, 3.8) is 0 Å². The van der Waals surface area contributed by atoms with Crippen LogP contribution in [-0.2, 0) is 7.05 Å². The number of hydrogen-bond donors (Lipinski definition) is 1. The van der Waals surface area contributed by atoms with E-state index in [-0.39, 0.29) is 11.9 Å². The molecule has 1 aromatic carbocycles. The van der Waals surface area contributed by atoms with Gasteiger partial charge in [0.05, 0.1) is 6.04 Å². The highest BCUT2D eigenvalue weighted by Crippen LogP contribution is 2.26. The Balaban J connectivity index is 2.23. The summed E-state index contributed by atoms with van der Waals surface area (Å²) in [5, 5.41) is 14.0. The minimum absolute atomic E-state index is 0.0327. The minimum Gasteiger partial charge on any atom is -0.358 e. The Bertz CT molecular complexity index is 589. The lowest BCUT2D eigenvalue weighted by Crippen LogP contribution is -2.10. The summed E-state index contributed by atoms with van der Waals surface area (Å²) >= 11 is 0. The molecule has 1 N–H and O–H groups in total. The molecule has 0 aliphatic carbocycles. The molecule has 19 heavy (non-hydrogen) atoms. The average molecular weight is 260 g/mol. The van der Waals surface area contributed by atoms with E-state index in [9.17, 15) is 10.1 Å². The van der Waals surface area contributed by atoms with Gasteiger partial charge in [0.25, 0.3) is 0 Å². The van der Waals surface area contributed by atoms with Crippen LogP contribution in [0, 0.1) is 17.0 Å². The lowest BCUT2D eigenvalue weighted by molar-refractivity contribution is -0.388. The highest BCUT2D eigenvalue weighted by atomic mass is 16.6. The Labute approximate surface area is 111 Å². The normalized spacial score (nSPS) is 12.2. The first kappa shape index (κ1) is 13.1. The van der Waals surface area contributed by atoms with Crippen LogP contribution < -0.4 is 5.32 Å². The van der Waals surface area contributed by atoms with Crippen molar-refractivity contribution >= 4 is 11.6 Å². The molecule has 0 aliphatic rings. The summed E-state index contributed by atoms with van der Waals surface area (Å²) in [6.07, 6.45) is 1.43. The predicted molar refractivity (Wildman–Crippen MR) is 73.1 cm³/mol. The molecule has 0 fully saturated rings. The second-order valence-corrected chi connectivity index (χ2v) is 4.56. The molecule has 0 aliphatic heterocycles. The van der Waals surface area contributed by atoms with Crippen LogP contribution in [0.4, 0.5) is 11.6 Å². The van der Waals surface area contributed by atoms with Crippen molar-refractivity contribution in [1.29, 1.82) is 0 Å². The lowest BCUT2D eigenvalue weighted by Gasteiger charge is -2.15. The van der Waals surface area contributed by atoms with Gasteiger partial charge in [0.2, 0.25) is 12.1 Å². The molecule has 2 rings (SSSR count). The van der Waals surface area contributed by atoms with Gasteiger partial charge in [-0.25, -0.2) is 0 Å². The molecular weight excluding hydrogens is 244 g/mol. The SMILES string of the molecule is Cc1ccc(C(C)Nc2c([N+](=O)[O-])ncn2C)cc1. The monoisotopic (exact) mass is 260 g/mol. The maximum Gasteiger partial charge on any atom is 0.406 e. The van der Waals surface area contributed by atoms with E-state index in [4.69, 9.17) is 0 Å². The number of imidazole rings is 1. The van der Waals surface area contributed by atoms with E-state index < -0.39 is 4.92 Å². The first-order valence-corrected chi connectivity index (χ1v) is 5.98. The number of benzene rings is 1. The van der Waals surface area contributed by atoms with Crippen LogP contribution >= 0.6 is 0 Å². The van der Waals surface area contributed by atoms with Crippen molar-refractivity contribution in [1.82, 2.24) is 9.55 Å². The number of nitrogens with zero attached hydrogens (tertiary/aromatic N) is 3. The van der Waals surface area contributed by atoms with Crippen LogP contribution in [0.1, 0.15) is 24.1 Å². The highest BCUT2D eigenvalue weighted by Gasteiger charge is 2.21. The number of rotatable bonds is 4. The van der Waals surface area contributed by atoms with Crippen LogP contribution in [0.5, 0.6) is 0 Å². The quantitative estimate of drug-likeness (QED) is 0.677. The molecule has 6 heteroatoms. The van der Waals surface area contributed by atoms with Gasteiger partial charge >= 0.3 is 5.82 Å². The second kappa shape index (κ2) is 5.09. The van der Waals surface area contributed by atoms with E-state index in [1.54, 1.807) is 11.6 Å². The molecule has 0 radical (unpaired) electrons. The second-order valence-electron chi connectivity index (χ2n) is 4.56. The maximum absolute atomic E-state index is 10.9. The molecule has 1 aromatic heterocycles. The molecule has 100 valence electrons. The van der Waals surface area contributed by atoms with E-state index >= 15 is 0 Å². The molecule has 1 unspecified atom stereocenters. The maximum atomic E-state index is 10.9. The van der Waals surface area contributed by atoms with Crippen molar-refractivity contribution < 1.29 is 4.92 Å². The summed E-state index contributed by atoms with van der Waals surface area (Å²) in [5.41, 5.74) is 2.25. The summed E-state index contributed by atoms with van der Waals surface area (Å²) in [7, 11) is 1.73. The van der Waals surface area contributed by atoms with E-state index in [0.717, 1.165) is 5.56 Å². The molecule has 0 bridgehead atoms. The number of anilines is 1. The molecule has 6 nitrogen and oxygen atoms in total. The minimum atomic E-state index is -0.482. The van der Waals surface area contributed by atoms with Gasteiger partial charge in [-0.1, -0.05) is 29.8 Å². The zero-order chi connectivity index (χ0) is 14.0. The van der Waals surface area contributed by atoms with E-state index in [1.807, 2.05) is 38.1 Å². The standard InChI is InChI=1S/C13H16N4O2/c1-9-4-6-11(7-5-9)10(2)15-13-12(17(18)19)14-8-16(13)3/h4-8,10,15H,1-3H3. The molecule has 1 heterocycles. The van der Waals surface area contributed by atoms with Crippen molar-refractivity contribution in [3.05, 3.63) is 51.8 Å². The zero-order valence-electron chi connectivity index (χ0n) is 11.1. The number of hydrogen-bond acceptors (Lipinski definition) is 4. The van der Waals surface area contributed by atoms with Gasteiger partial charge in [-0.3, -0.25) is 4.57 Å². The van der Waals surface area contributed by atoms with Crippen molar-refractivity contribution in [2.75, 3.05) is 5.32 Å². The summed E-state index contributed by atoms with van der Waals surface area (Å²) in [6, 6.07) is 8.02. The third kappa shape index (κ3) is 2.73. The van der Waals surface area contributed by atoms with Gasteiger partial charge < -0.3 is 15.4 Å². The first-order valence-electron chi connectivity index (χ1n) is 5.98. The van der Waals surface area contributed by atoms with Gasteiger partial charge in [-0.05, 0) is 29.3 Å². The Kier molecular flexibility index (Phi) is 3.50. The lowest BCUT2D eigenvalue weighted by atomic mass is 10.1. The number of aromatic nitrogens is 2. The smallest absolute Gasteiger partial charge is 0.358 e. The molecule has 0 spiro atoms. The number of nitrogens with one attached hydrogen (secondary N) is 1. The van der Waals surface area contributed by atoms with Gasteiger partial charge in [-0.2, -0.15) is 0 Å². The molecule has 0 saturated heterocycles. The van der Waals surface area contributed by atoms with Gasteiger partial charge in [0.15, 0.2) is 0 Å². The van der Waals surface area contributed by atoms with Gasteiger partial charge in [0, 0.05) is 7.05 Å². The summed E-state index contributed by atoms with van der Waals surface area (Å²) in [4.78, 5) is 14.2. The largest absolute Gasteiger partial charge is 0.406 e. The summed E-state index contributed by atoms with van der Waals surface area (Å²) in [5.74, 6) is 0.263. The third-order valence-corrected chi connectivity index (χ3v) is 3.02. The third-order valence-electron chi connectivity index (χ3n) is 3.02. The van der Waals surface area contributed by atoms with Crippen molar-refractivity contribution in [2.45, 2.75) is 19.9 Å². The Morgan fingerprint density at radius 2 is 2.00 bits per heavy atom. The zero-order valence-corrected chi connectivity index (χ0v) is 11.1. The van der Waals surface area contributed by atoms with Crippen LogP contribution in [0.25, 0.3) is 0 Å². The van der Waals surface area contributed by atoms with E-state index in [0.29, 0.717) is 5.82 Å². The summed E-state index contributed by atoms with van der Waals surface area (Å²) in [6.45, 7) is 3.98. The van der Waals surface area contributed by atoms with Crippen LogP contribution in [0.15, 0.2) is 30.6 Å². The van der Waals surface area contributed by atoms with Crippen molar-refractivity contribution in [2.24, 2.45) is 7.05 Å². The fourth-order valence-corrected chi connectivity index (χ4v) is 1.86. The van der Waals surface area contributed by atoms with E-state index in [1.165, 1.54) is 11.9 Å². The molecule has 2 aromatic rings. The Morgan fingerprint density at radius 3 is 2.58 bits per heavy atom. The fourth-order valence-electron chi connectivity index (χ4n) is 1.86. The molecule has 0 saturated carbocycles. The van der Waals surface area contributed by atoms with Crippen LogP contribution in [0.3, 0.4) is 0 Å². The predicted octanol–water partition coefficient (Wildman–Crippen LogP) is 2.81. The van der Waals surface area contributed by atoms with Crippen LogP contribution in [-0.4, -0.2) is 14.5 Å². The molecular formula is C13H16N4O2. The van der Waals surface area contributed by atoms with Crippen LogP contribution in [0.2, 0.25) is 0 Å². The van der Waals surface area contributed by atoms with Crippen molar-refractivity contribution in [3.8, 4) is 0 Å². The fraction of sp³-hybridized carbons (Fsp3) is 0.308. The van der Waals surface area contributed by atoms with E-state index in [2.05, 4.69) is 10.3 Å². The summed E-state index contributed by atoms with van der Waals surface area (Å²) < 4.78 is 1.61.